The van der Waals surface area contributed by atoms with Crippen molar-refractivity contribution in [1.29, 1.82) is 0 Å². The normalized spacial score (nSPS) is 11.2. The third-order valence-electron chi connectivity index (χ3n) is 3.87. The summed E-state index contributed by atoms with van der Waals surface area (Å²) < 4.78 is 1.97. The van der Waals surface area contributed by atoms with Gasteiger partial charge in [-0.25, -0.2) is 4.98 Å². The van der Waals surface area contributed by atoms with E-state index in [9.17, 15) is 4.79 Å². The maximum atomic E-state index is 10.9. The number of carbonyl (C=O) groups excluding carboxylic acids is 1. The van der Waals surface area contributed by atoms with Crippen LogP contribution >= 0.6 is 11.6 Å². The van der Waals surface area contributed by atoms with Gasteiger partial charge in [0.2, 0.25) is 11.2 Å². The first-order valence-electron chi connectivity index (χ1n) is 8.40. The lowest BCUT2D eigenvalue weighted by Crippen LogP contribution is -2.06. The Kier molecular flexibility index (Phi) is 5.53. The molecule has 7 heteroatoms. The molecule has 0 atom stereocenters. The van der Waals surface area contributed by atoms with Crippen molar-refractivity contribution in [1.82, 2.24) is 14.5 Å². The number of aromatic nitrogens is 3. The van der Waals surface area contributed by atoms with Gasteiger partial charge in [-0.05, 0) is 60.0 Å². The van der Waals surface area contributed by atoms with Gasteiger partial charge in [-0.3, -0.25) is 4.79 Å². The van der Waals surface area contributed by atoms with Gasteiger partial charge in [-0.15, -0.1) is 0 Å². The molecule has 3 rings (SSSR count). The summed E-state index contributed by atoms with van der Waals surface area (Å²) in [6, 6.07) is 7.95. The van der Waals surface area contributed by atoms with Crippen molar-refractivity contribution < 1.29 is 4.79 Å². The van der Waals surface area contributed by atoms with Crippen LogP contribution in [0, 0.1) is 0 Å². The zero-order valence-corrected chi connectivity index (χ0v) is 15.4. The number of allylic oxidation sites excluding steroid dienone is 1. The first kappa shape index (κ1) is 17.9. The minimum Gasteiger partial charge on any atom is -0.369 e. The zero-order chi connectivity index (χ0) is 18.5. The first-order chi connectivity index (χ1) is 12.6. The van der Waals surface area contributed by atoms with E-state index < -0.39 is 5.24 Å². The van der Waals surface area contributed by atoms with E-state index in [4.69, 9.17) is 11.6 Å². The number of anilines is 2. The van der Waals surface area contributed by atoms with Gasteiger partial charge >= 0.3 is 0 Å². The molecule has 0 amide bonds. The fourth-order valence-electron chi connectivity index (χ4n) is 2.60. The van der Waals surface area contributed by atoms with Gasteiger partial charge in [-0.1, -0.05) is 6.92 Å². The fraction of sp³-hybridized carbons (Fsp3) is 0.211. The number of hydrogen-bond acceptors (Lipinski definition) is 5. The predicted molar refractivity (Wildman–Crippen MR) is 107 cm³/mol. The van der Waals surface area contributed by atoms with Crippen LogP contribution in [0.15, 0.2) is 42.7 Å². The molecular weight excluding hydrogens is 350 g/mol. The third-order valence-corrected chi connectivity index (χ3v) is 3.99. The van der Waals surface area contributed by atoms with Crippen LogP contribution in [0.5, 0.6) is 0 Å². The number of halogens is 1. The standard InChI is InChI=1S/C19H20ClN5O/c1-3-9-22-18-15-6-5-14(11-16(15)23-19(21-2)24-18)25-10-8-13(12-25)4-7-17(20)26/h4-8,10-12H,3,9H2,1-2H3,(H2,21,22,23,24)/b7-4+. The maximum Gasteiger partial charge on any atom is 0.245 e. The second-order valence-electron chi connectivity index (χ2n) is 5.76. The van der Waals surface area contributed by atoms with Gasteiger partial charge in [0.05, 0.1) is 5.52 Å². The Morgan fingerprint density at radius 1 is 1.31 bits per heavy atom. The Morgan fingerprint density at radius 3 is 2.88 bits per heavy atom. The Balaban J connectivity index is 1.99. The van der Waals surface area contributed by atoms with Crippen LogP contribution in [0.25, 0.3) is 22.7 Å². The molecule has 0 fully saturated rings. The molecule has 6 nitrogen and oxygen atoms in total. The summed E-state index contributed by atoms with van der Waals surface area (Å²) in [7, 11) is 1.80. The van der Waals surface area contributed by atoms with E-state index in [0.29, 0.717) is 5.95 Å². The maximum absolute atomic E-state index is 10.9. The molecule has 0 aliphatic heterocycles. The number of benzene rings is 1. The van der Waals surface area contributed by atoms with E-state index in [1.54, 1.807) is 13.1 Å². The first-order valence-corrected chi connectivity index (χ1v) is 8.78. The number of hydrogen-bond donors (Lipinski definition) is 2. The van der Waals surface area contributed by atoms with Gasteiger partial charge in [0.25, 0.3) is 0 Å². The highest BCUT2D eigenvalue weighted by Gasteiger charge is 2.08. The van der Waals surface area contributed by atoms with E-state index in [1.807, 2.05) is 41.2 Å². The number of rotatable bonds is 7. The average molecular weight is 370 g/mol. The summed E-state index contributed by atoms with van der Waals surface area (Å²) in [6.07, 6.45) is 7.88. The molecule has 0 bridgehead atoms. The average Bonchev–Trinajstić information content (AvgIpc) is 3.12. The molecular formula is C19H20ClN5O. The molecule has 0 aliphatic rings. The van der Waals surface area contributed by atoms with Gasteiger partial charge in [-0.2, -0.15) is 4.98 Å². The summed E-state index contributed by atoms with van der Waals surface area (Å²) in [6.45, 7) is 2.97. The summed E-state index contributed by atoms with van der Waals surface area (Å²) in [4.78, 5) is 19.9. The summed E-state index contributed by atoms with van der Waals surface area (Å²) in [5.74, 6) is 1.40. The Labute approximate surface area is 156 Å². The van der Waals surface area contributed by atoms with E-state index in [0.717, 1.165) is 40.9 Å². The van der Waals surface area contributed by atoms with Crippen molar-refractivity contribution in [3.05, 3.63) is 48.3 Å². The van der Waals surface area contributed by atoms with Crippen molar-refractivity contribution >= 4 is 45.6 Å². The second-order valence-corrected chi connectivity index (χ2v) is 6.14. The Hall–Kier alpha value is -2.86. The highest BCUT2D eigenvalue weighted by molar-refractivity contribution is 6.66. The van der Waals surface area contributed by atoms with Crippen LogP contribution in [0.4, 0.5) is 11.8 Å². The van der Waals surface area contributed by atoms with Crippen molar-refractivity contribution in [2.45, 2.75) is 13.3 Å². The topological polar surface area (TPSA) is 71.8 Å². The van der Waals surface area contributed by atoms with Gasteiger partial charge < -0.3 is 15.2 Å². The number of fused-ring (bicyclic) bond motifs is 1. The molecule has 134 valence electrons. The predicted octanol–water partition coefficient (Wildman–Crippen LogP) is 4.06. The van der Waals surface area contributed by atoms with Crippen LogP contribution in [0.1, 0.15) is 18.9 Å². The molecule has 0 aliphatic carbocycles. The fourth-order valence-corrected chi connectivity index (χ4v) is 2.67. The van der Waals surface area contributed by atoms with Crippen LogP contribution in [-0.4, -0.2) is 33.4 Å². The van der Waals surface area contributed by atoms with Crippen LogP contribution in [0.2, 0.25) is 0 Å². The Bertz CT molecular complexity index is 964. The summed E-state index contributed by atoms with van der Waals surface area (Å²) >= 11 is 5.34. The monoisotopic (exact) mass is 369 g/mol. The quantitative estimate of drug-likeness (QED) is 0.485. The summed E-state index contributed by atoms with van der Waals surface area (Å²) in [5, 5.41) is 6.83. The van der Waals surface area contributed by atoms with E-state index in [2.05, 4.69) is 27.5 Å². The molecule has 1 aromatic carbocycles. The molecule has 0 saturated heterocycles. The lowest BCUT2D eigenvalue weighted by atomic mass is 10.2. The molecule has 0 radical (unpaired) electrons. The lowest BCUT2D eigenvalue weighted by Gasteiger charge is -2.11. The van der Waals surface area contributed by atoms with Gasteiger partial charge in [0.15, 0.2) is 0 Å². The minimum absolute atomic E-state index is 0.494. The Morgan fingerprint density at radius 2 is 2.15 bits per heavy atom. The second kappa shape index (κ2) is 8.01. The van der Waals surface area contributed by atoms with Gasteiger partial charge in [0, 0.05) is 37.1 Å². The minimum atomic E-state index is -0.494. The molecule has 26 heavy (non-hydrogen) atoms. The molecule has 2 N–H and O–H groups in total. The third kappa shape index (κ3) is 4.03. The van der Waals surface area contributed by atoms with Crippen molar-refractivity contribution in [2.24, 2.45) is 0 Å². The van der Waals surface area contributed by atoms with E-state index in [1.165, 1.54) is 6.08 Å². The number of nitrogens with one attached hydrogen (secondary N) is 2. The highest BCUT2D eigenvalue weighted by atomic mass is 35.5. The molecule has 0 spiro atoms. The van der Waals surface area contributed by atoms with E-state index in [-0.39, 0.29) is 0 Å². The van der Waals surface area contributed by atoms with E-state index >= 15 is 0 Å². The smallest absolute Gasteiger partial charge is 0.245 e. The summed E-state index contributed by atoms with van der Waals surface area (Å²) in [5.41, 5.74) is 2.71. The number of carbonyl (C=O) groups is 1. The van der Waals surface area contributed by atoms with Crippen LogP contribution in [0.3, 0.4) is 0 Å². The molecule has 0 unspecified atom stereocenters. The largest absolute Gasteiger partial charge is 0.369 e. The van der Waals surface area contributed by atoms with Crippen molar-refractivity contribution in [3.8, 4) is 5.69 Å². The number of nitrogens with zero attached hydrogens (tertiary/aromatic N) is 3. The highest BCUT2D eigenvalue weighted by Crippen LogP contribution is 2.25. The van der Waals surface area contributed by atoms with Crippen molar-refractivity contribution in [2.75, 3.05) is 24.2 Å². The molecule has 2 aromatic heterocycles. The molecule has 2 heterocycles. The molecule has 0 saturated carbocycles. The van der Waals surface area contributed by atoms with Crippen LogP contribution in [-0.2, 0) is 4.79 Å². The van der Waals surface area contributed by atoms with Crippen LogP contribution < -0.4 is 10.6 Å². The lowest BCUT2D eigenvalue weighted by molar-refractivity contribution is -0.107. The zero-order valence-electron chi connectivity index (χ0n) is 14.7. The van der Waals surface area contributed by atoms with Crippen molar-refractivity contribution in [3.63, 3.8) is 0 Å². The SMILES string of the molecule is CCCNc1nc(NC)nc2cc(-n3ccc(/C=C/C(=O)Cl)c3)ccc12. The van der Waals surface area contributed by atoms with Gasteiger partial charge in [0.1, 0.15) is 5.82 Å². The molecule has 3 aromatic rings.